The van der Waals surface area contributed by atoms with Gasteiger partial charge in [-0.05, 0) is 32.1 Å². The molecule has 52 heavy (non-hydrogen) atoms. The lowest BCUT2D eigenvalue weighted by molar-refractivity contribution is -0.199. The normalized spacial score (nSPS) is 20.4. The molecule has 1 fully saturated rings. The van der Waals surface area contributed by atoms with Gasteiger partial charge in [0.15, 0.2) is 6.29 Å². The Morgan fingerprint density at radius 1 is 0.673 bits per heavy atom. The van der Waals surface area contributed by atoms with Crippen molar-refractivity contribution in [3.63, 3.8) is 0 Å². The number of rotatable bonds is 34. The molecule has 0 bridgehead atoms. The fourth-order valence-corrected chi connectivity index (χ4v) is 6.66. The van der Waals surface area contributed by atoms with E-state index < -0.39 is 36.7 Å². The summed E-state index contributed by atoms with van der Waals surface area (Å²) in [5.41, 5.74) is 0. The van der Waals surface area contributed by atoms with Crippen LogP contribution in [0.15, 0.2) is 24.3 Å². The molecule has 304 valence electrons. The largest absolute Gasteiger partial charge is 0.463 e. The monoisotopic (exact) mass is 739 g/mol. The minimum atomic E-state index is -1.05. The first-order chi connectivity index (χ1) is 25.3. The van der Waals surface area contributed by atoms with Crippen molar-refractivity contribution in [3.8, 4) is 0 Å². The van der Waals surface area contributed by atoms with Crippen LogP contribution in [0.1, 0.15) is 187 Å². The number of aliphatic hydroxyl groups excluding tert-OH is 4. The molecule has 6 atom stereocenters. The summed E-state index contributed by atoms with van der Waals surface area (Å²) >= 11 is 0. The second kappa shape index (κ2) is 33.8. The fraction of sp³-hybridized carbons (Fsp3) is 0.860. The van der Waals surface area contributed by atoms with Gasteiger partial charge in [0, 0.05) is 25.2 Å². The van der Waals surface area contributed by atoms with Crippen molar-refractivity contribution < 1.29 is 44.2 Å². The minimum absolute atomic E-state index is 0.137. The van der Waals surface area contributed by atoms with Crippen molar-refractivity contribution in [2.24, 2.45) is 5.92 Å². The smallest absolute Gasteiger partial charge is 0.305 e. The Hall–Kier alpha value is -1.78. The molecule has 9 nitrogen and oxygen atoms in total. The summed E-state index contributed by atoms with van der Waals surface area (Å²) in [5, 5.41) is 40.8. The maximum absolute atomic E-state index is 12.1. The molecule has 0 aromatic heterocycles. The van der Waals surface area contributed by atoms with Gasteiger partial charge in [-0.25, -0.2) is 0 Å². The highest BCUT2D eigenvalue weighted by atomic mass is 16.6. The van der Waals surface area contributed by atoms with Gasteiger partial charge < -0.3 is 34.6 Å². The van der Waals surface area contributed by atoms with Gasteiger partial charge in [0.25, 0.3) is 0 Å². The summed E-state index contributed by atoms with van der Waals surface area (Å²) in [7, 11) is 0. The number of hydrogen-bond acceptors (Lipinski definition) is 9. The van der Waals surface area contributed by atoms with Crippen molar-refractivity contribution in [2.45, 2.75) is 218 Å². The van der Waals surface area contributed by atoms with Crippen LogP contribution in [0.2, 0.25) is 0 Å². The molecule has 1 unspecified atom stereocenters. The van der Waals surface area contributed by atoms with E-state index in [0.29, 0.717) is 32.1 Å². The molecule has 1 aliphatic heterocycles. The van der Waals surface area contributed by atoms with Crippen LogP contribution in [0.3, 0.4) is 0 Å². The molecule has 0 radical (unpaired) electrons. The summed E-state index contributed by atoms with van der Waals surface area (Å²) < 4.78 is 16.0. The zero-order chi connectivity index (χ0) is 38.1. The lowest BCUT2D eigenvalue weighted by Crippen LogP contribution is -2.43. The predicted molar refractivity (Wildman–Crippen MR) is 209 cm³/mol. The van der Waals surface area contributed by atoms with Gasteiger partial charge in [-0.2, -0.15) is 0 Å². The second-order valence-corrected chi connectivity index (χ2v) is 15.0. The van der Waals surface area contributed by atoms with E-state index in [4.69, 9.17) is 14.2 Å². The van der Waals surface area contributed by atoms with E-state index in [2.05, 4.69) is 13.8 Å². The number of esters is 2. The number of aliphatic hydroxyl groups is 4. The third-order valence-electron chi connectivity index (χ3n) is 9.98. The molecule has 0 amide bonds. The molecular formula is C43H78O9. The average molecular weight is 739 g/mol. The lowest BCUT2D eigenvalue weighted by atomic mass is 9.87. The molecular weight excluding hydrogens is 660 g/mol. The highest BCUT2D eigenvalue weighted by molar-refractivity contribution is 5.69. The van der Waals surface area contributed by atoms with Gasteiger partial charge in [0.1, 0.15) is 19.3 Å². The first kappa shape index (κ1) is 48.2. The van der Waals surface area contributed by atoms with Crippen LogP contribution < -0.4 is 0 Å². The predicted octanol–water partition coefficient (Wildman–Crippen LogP) is 9.17. The molecule has 1 heterocycles. The van der Waals surface area contributed by atoms with E-state index in [1.54, 1.807) is 12.2 Å². The van der Waals surface area contributed by atoms with Crippen LogP contribution >= 0.6 is 0 Å². The summed E-state index contributed by atoms with van der Waals surface area (Å²) in [6.07, 6.45) is 31.5. The Kier molecular flexibility index (Phi) is 31.3. The van der Waals surface area contributed by atoms with Gasteiger partial charge in [0.2, 0.25) is 0 Å². The van der Waals surface area contributed by atoms with Gasteiger partial charge in [-0.3, -0.25) is 9.59 Å². The van der Waals surface area contributed by atoms with E-state index in [9.17, 15) is 30.0 Å². The third-order valence-corrected chi connectivity index (χ3v) is 9.98. The Labute approximate surface area is 317 Å². The zero-order valence-electron chi connectivity index (χ0n) is 33.1. The zero-order valence-corrected chi connectivity index (χ0v) is 33.1. The molecule has 1 rings (SSSR count). The maximum Gasteiger partial charge on any atom is 0.305 e. The van der Waals surface area contributed by atoms with Crippen LogP contribution in [-0.4, -0.2) is 76.3 Å². The Morgan fingerprint density at radius 3 is 1.69 bits per heavy atom. The first-order valence-electron chi connectivity index (χ1n) is 21.3. The first-order valence-corrected chi connectivity index (χ1v) is 21.3. The van der Waals surface area contributed by atoms with Crippen molar-refractivity contribution >= 4 is 11.9 Å². The van der Waals surface area contributed by atoms with E-state index in [1.165, 1.54) is 89.9 Å². The summed E-state index contributed by atoms with van der Waals surface area (Å²) in [5.74, 6) is -1.00. The number of ether oxygens (including phenoxy) is 3. The maximum atomic E-state index is 12.1. The number of carbonyl (C=O) groups excluding carboxylic acids is 2. The molecule has 0 aromatic carbocycles. The number of allylic oxidation sites excluding steroid dienone is 2. The summed E-state index contributed by atoms with van der Waals surface area (Å²) in [6.45, 7) is 3.98. The second-order valence-electron chi connectivity index (χ2n) is 15.0. The van der Waals surface area contributed by atoms with Gasteiger partial charge in [-0.1, -0.05) is 160 Å². The van der Waals surface area contributed by atoms with E-state index in [0.717, 1.165) is 38.5 Å². The minimum Gasteiger partial charge on any atom is -0.463 e. The van der Waals surface area contributed by atoms with Crippen LogP contribution in [0.25, 0.3) is 0 Å². The highest BCUT2D eigenvalue weighted by Gasteiger charge is 2.35. The number of unbranched alkanes of at least 4 members (excludes halogenated alkanes) is 19. The Morgan fingerprint density at radius 2 is 1.15 bits per heavy atom. The van der Waals surface area contributed by atoms with Crippen LogP contribution in [0.4, 0.5) is 0 Å². The number of carbonyl (C=O) groups is 2. The van der Waals surface area contributed by atoms with Gasteiger partial charge in [-0.15, -0.1) is 0 Å². The molecule has 0 aliphatic carbocycles. The standard InChI is InChI=1S/C43H78O9/c1-3-5-7-8-9-10-11-12-13-14-15-16-17-18-19-20-25-29-41(47)50-34-37(45)35-51-42(48)30-26-22-21-24-28-38-39(46)33-43(49)52-40(38)32-31-36(44)27-23-6-4-2/h21,24,31-32,36-40,43-46,49H,3-20,22-23,25-30,33-35H2,1-2H3/b24-21-,32-31+/t36-,37+,38-,39-,40+,43?/m0/s1. The van der Waals surface area contributed by atoms with Crippen LogP contribution in [0.5, 0.6) is 0 Å². The molecule has 0 spiro atoms. The topological polar surface area (TPSA) is 143 Å². The molecule has 0 aromatic rings. The molecule has 1 saturated heterocycles. The Balaban J connectivity index is 2.03. The molecule has 0 saturated carbocycles. The van der Waals surface area contributed by atoms with Crippen molar-refractivity contribution in [1.82, 2.24) is 0 Å². The van der Waals surface area contributed by atoms with E-state index >= 15 is 0 Å². The average Bonchev–Trinajstić information content (AvgIpc) is 3.12. The SMILES string of the molecule is CCCCCCCCCCCCCCCCCCCC(=O)OC[C@@H](O)COC(=O)CCC/C=C\C[C@H]1[C@@H](O)CC(O)O[C@@H]1/C=C/[C@@H](O)CCCCC. The highest BCUT2D eigenvalue weighted by Crippen LogP contribution is 2.29. The van der Waals surface area contributed by atoms with Gasteiger partial charge in [0.05, 0.1) is 18.3 Å². The van der Waals surface area contributed by atoms with Crippen molar-refractivity contribution in [2.75, 3.05) is 13.2 Å². The molecule has 1 aliphatic rings. The van der Waals surface area contributed by atoms with Crippen molar-refractivity contribution in [1.29, 1.82) is 0 Å². The van der Waals surface area contributed by atoms with E-state index in [-0.39, 0.29) is 37.9 Å². The molecule has 9 heteroatoms. The third kappa shape index (κ3) is 27.8. The molecule has 4 N–H and O–H groups in total. The van der Waals surface area contributed by atoms with Crippen LogP contribution in [0, 0.1) is 5.92 Å². The summed E-state index contributed by atoms with van der Waals surface area (Å²) in [4.78, 5) is 24.1. The van der Waals surface area contributed by atoms with Crippen molar-refractivity contribution in [3.05, 3.63) is 24.3 Å². The lowest BCUT2D eigenvalue weighted by Gasteiger charge is -2.36. The van der Waals surface area contributed by atoms with Crippen LogP contribution in [-0.2, 0) is 23.8 Å². The Bertz CT molecular complexity index is 907. The summed E-state index contributed by atoms with van der Waals surface area (Å²) in [6, 6.07) is 0. The number of hydrogen-bond donors (Lipinski definition) is 4. The quantitative estimate of drug-likeness (QED) is 0.0289. The van der Waals surface area contributed by atoms with Gasteiger partial charge >= 0.3 is 11.9 Å². The fourth-order valence-electron chi connectivity index (χ4n) is 6.66. The van der Waals surface area contributed by atoms with E-state index in [1.807, 2.05) is 12.2 Å².